The van der Waals surface area contributed by atoms with E-state index >= 15 is 0 Å². The maximum atomic E-state index is 11.7. The highest BCUT2D eigenvalue weighted by Gasteiger charge is 2.78. The van der Waals surface area contributed by atoms with Gasteiger partial charge in [0, 0.05) is 12.3 Å². The summed E-state index contributed by atoms with van der Waals surface area (Å²) >= 11 is 0. The molecular weight excluding hydrogens is 172 g/mol. The minimum atomic E-state index is 0.572. The molecule has 0 bridgehead atoms. The third kappa shape index (κ3) is 0.461. The second-order valence-electron chi connectivity index (χ2n) is 6.41. The molecule has 0 aromatic rings. The van der Waals surface area contributed by atoms with Crippen LogP contribution < -0.4 is 0 Å². The second-order valence-corrected chi connectivity index (χ2v) is 6.41. The number of ketones is 1. The summed E-state index contributed by atoms with van der Waals surface area (Å²) in [6, 6.07) is 0. The first-order chi connectivity index (χ1) is 6.88. The van der Waals surface area contributed by atoms with Gasteiger partial charge in [-0.05, 0) is 60.7 Å². The van der Waals surface area contributed by atoms with Crippen LogP contribution in [0.15, 0.2) is 0 Å². The van der Waals surface area contributed by atoms with Crippen molar-refractivity contribution in [2.24, 2.45) is 47.3 Å². The molecule has 1 nitrogen and oxygen atoms in total. The fourth-order valence-electron chi connectivity index (χ4n) is 6.11. The van der Waals surface area contributed by atoms with Gasteiger partial charge in [0.1, 0.15) is 5.78 Å². The topological polar surface area (TPSA) is 17.1 Å². The standard InChI is InChI=1S/C13H16O/c14-8-4-3-7-9(8)13-11-6-2-1-5(6)10(11)12(7)13/h5-7,9-13H,1-4H2/t5-,6+,7-,9-,10+,11-,12-,13+/m0/s1. The lowest BCUT2D eigenvalue weighted by molar-refractivity contribution is -0.325. The number of rotatable bonds is 0. The summed E-state index contributed by atoms with van der Waals surface area (Å²) in [4.78, 5) is 11.7. The molecule has 5 rings (SSSR count). The van der Waals surface area contributed by atoms with E-state index in [0.717, 1.165) is 47.8 Å². The number of hydrogen-bond donors (Lipinski definition) is 0. The van der Waals surface area contributed by atoms with E-state index in [2.05, 4.69) is 0 Å². The van der Waals surface area contributed by atoms with E-state index in [1.807, 2.05) is 0 Å². The van der Waals surface area contributed by atoms with E-state index in [1.165, 1.54) is 19.3 Å². The highest BCUT2D eigenvalue weighted by molar-refractivity contribution is 5.85. The zero-order valence-electron chi connectivity index (χ0n) is 8.36. The summed E-state index contributed by atoms with van der Waals surface area (Å²) < 4.78 is 0. The molecule has 5 aliphatic rings. The lowest BCUT2D eigenvalue weighted by Crippen LogP contribution is -2.76. The first-order valence-electron chi connectivity index (χ1n) is 6.40. The van der Waals surface area contributed by atoms with Crippen LogP contribution in [-0.4, -0.2) is 5.78 Å². The monoisotopic (exact) mass is 188 g/mol. The molecule has 1 heteroatoms. The first kappa shape index (κ1) is 7.03. The van der Waals surface area contributed by atoms with Gasteiger partial charge in [-0.1, -0.05) is 0 Å². The Morgan fingerprint density at radius 1 is 0.786 bits per heavy atom. The highest BCUT2D eigenvalue weighted by Crippen LogP contribution is 2.81. The van der Waals surface area contributed by atoms with Crippen molar-refractivity contribution in [3.63, 3.8) is 0 Å². The van der Waals surface area contributed by atoms with E-state index < -0.39 is 0 Å². The maximum Gasteiger partial charge on any atom is 0.136 e. The first-order valence-corrected chi connectivity index (χ1v) is 6.40. The Kier molecular flexibility index (Phi) is 0.921. The number of Topliss-reactive ketones (excluding diaryl/α,β-unsaturated/α-hetero) is 1. The van der Waals surface area contributed by atoms with Crippen molar-refractivity contribution >= 4 is 5.78 Å². The number of hydrogen-bond acceptors (Lipinski definition) is 1. The van der Waals surface area contributed by atoms with E-state index in [4.69, 9.17) is 0 Å². The summed E-state index contributed by atoms with van der Waals surface area (Å²) in [6.07, 6.45) is 5.21. The van der Waals surface area contributed by atoms with Crippen LogP contribution in [0.5, 0.6) is 0 Å². The Labute approximate surface area is 84.3 Å². The van der Waals surface area contributed by atoms with Gasteiger partial charge in [-0.25, -0.2) is 0 Å². The SMILES string of the molecule is O=C1CC[C@H]2[C@@H]1[C@@H]1[C@H]3[C@@H]4CC[C@@H]4[C@H]3[C@H]21. The van der Waals surface area contributed by atoms with Gasteiger partial charge in [-0.15, -0.1) is 0 Å². The number of fused-ring (bicyclic) bond motifs is 10. The molecule has 0 aliphatic heterocycles. The fraction of sp³-hybridized carbons (Fsp3) is 0.923. The van der Waals surface area contributed by atoms with Gasteiger partial charge < -0.3 is 0 Å². The van der Waals surface area contributed by atoms with Crippen molar-refractivity contribution in [1.82, 2.24) is 0 Å². The summed E-state index contributed by atoms with van der Waals surface area (Å²) in [6.45, 7) is 0. The molecular formula is C13H16O. The van der Waals surface area contributed by atoms with Crippen LogP contribution in [0.25, 0.3) is 0 Å². The van der Waals surface area contributed by atoms with Crippen LogP contribution >= 0.6 is 0 Å². The van der Waals surface area contributed by atoms with Gasteiger partial charge in [0.25, 0.3) is 0 Å². The van der Waals surface area contributed by atoms with Crippen molar-refractivity contribution in [3.05, 3.63) is 0 Å². The predicted octanol–water partition coefficient (Wildman–Crippen LogP) is 2.11. The minimum Gasteiger partial charge on any atom is -0.299 e. The van der Waals surface area contributed by atoms with E-state index in [1.54, 1.807) is 0 Å². The molecule has 0 spiro atoms. The minimum absolute atomic E-state index is 0.572. The largest absolute Gasteiger partial charge is 0.299 e. The quantitative estimate of drug-likeness (QED) is 0.532. The molecule has 0 aromatic heterocycles. The molecule has 8 atom stereocenters. The van der Waals surface area contributed by atoms with Gasteiger partial charge >= 0.3 is 0 Å². The van der Waals surface area contributed by atoms with Crippen molar-refractivity contribution in [2.75, 3.05) is 0 Å². The molecule has 0 N–H and O–H groups in total. The molecule has 5 saturated carbocycles. The van der Waals surface area contributed by atoms with Gasteiger partial charge in [0.05, 0.1) is 0 Å². The van der Waals surface area contributed by atoms with Gasteiger partial charge in [0.2, 0.25) is 0 Å². The van der Waals surface area contributed by atoms with Crippen LogP contribution in [0.4, 0.5) is 0 Å². The summed E-state index contributed by atoms with van der Waals surface area (Å²) in [7, 11) is 0. The summed E-state index contributed by atoms with van der Waals surface area (Å²) in [5.74, 6) is 8.41. The number of carbonyl (C=O) groups is 1. The molecule has 0 heterocycles. The lowest BCUT2D eigenvalue weighted by atomic mass is 9.24. The third-order valence-corrected chi connectivity index (χ3v) is 6.62. The van der Waals surface area contributed by atoms with Crippen molar-refractivity contribution in [1.29, 1.82) is 0 Å². The van der Waals surface area contributed by atoms with Crippen LogP contribution in [0.2, 0.25) is 0 Å². The molecule has 0 amide bonds. The average molecular weight is 188 g/mol. The lowest BCUT2D eigenvalue weighted by Gasteiger charge is -2.80. The van der Waals surface area contributed by atoms with Crippen LogP contribution in [0, 0.1) is 47.3 Å². The molecule has 0 unspecified atom stereocenters. The van der Waals surface area contributed by atoms with Gasteiger partial charge in [-0.2, -0.15) is 0 Å². The molecule has 14 heavy (non-hydrogen) atoms. The van der Waals surface area contributed by atoms with E-state index in [-0.39, 0.29) is 0 Å². The molecule has 5 fully saturated rings. The maximum absolute atomic E-state index is 11.7. The average Bonchev–Trinajstić information content (AvgIpc) is 2.40. The zero-order valence-corrected chi connectivity index (χ0v) is 8.36. The molecule has 0 radical (unpaired) electrons. The molecule has 5 aliphatic carbocycles. The highest BCUT2D eigenvalue weighted by atomic mass is 16.1. The van der Waals surface area contributed by atoms with Crippen LogP contribution in [-0.2, 0) is 4.79 Å². The summed E-state index contributed by atoms with van der Waals surface area (Å²) in [5, 5.41) is 0. The third-order valence-electron chi connectivity index (χ3n) is 6.62. The van der Waals surface area contributed by atoms with Crippen LogP contribution in [0.3, 0.4) is 0 Å². The van der Waals surface area contributed by atoms with Crippen LogP contribution in [0.1, 0.15) is 25.7 Å². The Morgan fingerprint density at radius 2 is 1.43 bits per heavy atom. The summed E-state index contributed by atoms with van der Waals surface area (Å²) in [5.41, 5.74) is 0. The Bertz CT molecular complexity index is 347. The Hall–Kier alpha value is -0.330. The zero-order chi connectivity index (χ0) is 9.02. The predicted molar refractivity (Wildman–Crippen MR) is 51.4 cm³/mol. The van der Waals surface area contributed by atoms with Crippen molar-refractivity contribution < 1.29 is 4.79 Å². The fourth-order valence-corrected chi connectivity index (χ4v) is 6.11. The molecule has 74 valence electrons. The van der Waals surface area contributed by atoms with Crippen molar-refractivity contribution in [2.45, 2.75) is 25.7 Å². The van der Waals surface area contributed by atoms with Gasteiger partial charge in [-0.3, -0.25) is 4.79 Å². The molecule has 0 aromatic carbocycles. The normalized spacial score (nSPS) is 71.3. The second kappa shape index (κ2) is 1.83. The van der Waals surface area contributed by atoms with Crippen molar-refractivity contribution in [3.8, 4) is 0 Å². The molecule has 0 saturated heterocycles. The van der Waals surface area contributed by atoms with E-state index in [0.29, 0.717) is 11.7 Å². The number of carbonyl (C=O) groups excluding carboxylic acids is 1. The van der Waals surface area contributed by atoms with E-state index in [9.17, 15) is 4.79 Å². The smallest absolute Gasteiger partial charge is 0.136 e. The Morgan fingerprint density at radius 3 is 2.14 bits per heavy atom. The van der Waals surface area contributed by atoms with Gasteiger partial charge in [0.15, 0.2) is 0 Å². The Balaban J connectivity index is 1.52.